The molecule has 0 unspecified atom stereocenters. The zero-order chi connectivity index (χ0) is 12.8. The number of benzene rings is 1. The zero-order valence-corrected chi connectivity index (χ0v) is 10.9. The van der Waals surface area contributed by atoms with Crippen molar-refractivity contribution >= 4 is 5.69 Å². The van der Waals surface area contributed by atoms with Gasteiger partial charge in [-0.25, -0.2) is 0 Å². The Morgan fingerprint density at radius 2 is 1.78 bits per heavy atom. The van der Waals surface area contributed by atoms with Crippen molar-refractivity contribution in [2.45, 2.75) is 13.1 Å². The van der Waals surface area contributed by atoms with Crippen LogP contribution in [0.25, 0.3) is 0 Å². The summed E-state index contributed by atoms with van der Waals surface area (Å²) in [6.07, 6.45) is 1.82. The minimum Gasteiger partial charge on any atom is -0.378 e. The summed E-state index contributed by atoms with van der Waals surface area (Å²) in [5.74, 6) is 0. The summed E-state index contributed by atoms with van der Waals surface area (Å²) in [5.41, 5.74) is 3.59. The minimum atomic E-state index is 0.802. The largest absolute Gasteiger partial charge is 0.378 e. The third kappa shape index (κ3) is 3.57. The first-order valence-electron chi connectivity index (χ1n) is 6.12. The van der Waals surface area contributed by atoms with E-state index in [0.29, 0.717) is 0 Å². The molecule has 0 aliphatic rings. The van der Waals surface area contributed by atoms with Crippen LogP contribution in [0.3, 0.4) is 0 Å². The first kappa shape index (κ1) is 12.6. The van der Waals surface area contributed by atoms with Crippen LogP contribution in [0, 0.1) is 0 Å². The van der Waals surface area contributed by atoms with Gasteiger partial charge < -0.3 is 10.2 Å². The van der Waals surface area contributed by atoms with Crippen molar-refractivity contribution in [3.05, 3.63) is 59.9 Å². The van der Waals surface area contributed by atoms with E-state index in [9.17, 15) is 0 Å². The predicted octanol–water partition coefficient (Wildman–Crippen LogP) is 2.44. The van der Waals surface area contributed by atoms with Crippen molar-refractivity contribution in [2.75, 3.05) is 19.0 Å². The quantitative estimate of drug-likeness (QED) is 0.871. The maximum Gasteiger partial charge on any atom is 0.0541 e. The van der Waals surface area contributed by atoms with E-state index in [0.717, 1.165) is 18.8 Å². The second kappa shape index (κ2) is 6.17. The van der Waals surface area contributed by atoms with Crippen LogP contribution >= 0.6 is 0 Å². The first-order valence-corrected chi connectivity index (χ1v) is 6.12. The third-order valence-corrected chi connectivity index (χ3v) is 2.81. The van der Waals surface area contributed by atoms with Gasteiger partial charge in [-0.2, -0.15) is 0 Å². The van der Waals surface area contributed by atoms with Gasteiger partial charge >= 0.3 is 0 Å². The highest BCUT2D eigenvalue weighted by Crippen LogP contribution is 2.12. The lowest BCUT2D eigenvalue weighted by atomic mass is 10.2. The summed E-state index contributed by atoms with van der Waals surface area (Å²) in [5, 5.41) is 3.39. The normalized spacial score (nSPS) is 10.3. The van der Waals surface area contributed by atoms with Gasteiger partial charge in [-0.1, -0.05) is 18.2 Å². The number of hydrogen-bond donors (Lipinski definition) is 1. The Balaban J connectivity index is 1.83. The molecule has 0 radical (unpaired) electrons. The third-order valence-electron chi connectivity index (χ3n) is 2.81. The van der Waals surface area contributed by atoms with Crippen LogP contribution in [0.5, 0.6) is 0 Å². The Morgan fingerprint density at radius 3 is 2.39 bits per heavy atom. The number of nitrogens with one attached hydrogen (secondary N) is 1. The topological polar surface area (TPSA) is 28.2 Å². The fourth-order valence-corrected chi connectivity index (χ4v) is 1.75. The molecule has 1 N–H and O–H groups in total. The van der Waals surface area contributed by atoms with E-state index in [2.05, 4.69) is 39.5 Å². The molecule has 3 heteroatoms. The van der Waals surface area contributed by atoms with E-state index in [1.165, 1.54) is 11.3 Å². The van der Waals surface area contributed by atoms with Crippen molar-refractivity contribution in [3.63, 3.8) is 0 Å². The lowest BCUT2D eigenvalue weighted by Gasteiger charge is -2.12. The summed E-state index contributed by atoms with van der Waals surface area (Å²) in [7, 11) is 4.10. The SMILES string of the molecule is CN(C)c1ccc(CNCc2ccccn2)cc1. The van der Waals surface area contributed by atoms with Gasteiger partial charge in [0.25, 0.3) is 0 Å². The number of pyridine rings is 1. The maximum absolute atomic E-state index is 4.28. The zero-order valence-electron chi connectivity index (χ0n) is 10.9. The van der Waals surface area contributed by atoms with Crippen molar-refractivity contribution in [1.82, 2.24) is 10.3 Å². The summed E-state index contributed by atoms with van der Waals surface area (Å²) >= 11 is 0. The molecule has 0 aliphatic carbocycles. The molecule has 1 heterocycles. The molecule has 2 aromatic rings. The molecular weight excluding hydrogens is 222 g/mol. The van der Waals surface area contributed by atoms with E-state index in [1.54, 1.807) is 0 Å². The van der Waals surface area contributed by atoms with Crippen LogP contribution in [0.1, 0.15) is 11.3 Å². The van der Waals surface area contributed by atoms with Crippen LogP contribution < -0.4 is 10.2 Å². The average Bonchev–Trinajstić information content (AvgIpc) is 2.40. The number of nitrogens with zero attached hydrogens (tertiary/aromatic N) is 2. The summed E-state index contributed by atoms with van der Waals surface area (Å²) in [4.78, 5) is 6.38. The second-order valence-electron chi connectivity index (χ2n) is 4.49. The molecule has 2 rings (SSSR count). The molecule has 0 amide bonds. The maximum atomic E-state index is 4.28. The van der Waals surface area contributed by atoms with Gasteiger partial charge in [0.2, 0.25) is 0 Å². The molecule has 0 atom stereocenters. The predicted molar refractivity (Wildman–Crippen MR) is 75.5 cm³/mol. The number of rotatable bonds is 5. The standard InChI is InChI=1S/C15H19N3/c1-18(2)15-8-6-13(7-9-15)11-16-12-14-5-3-4-10-17-14/h3-10,16H,11-12H2,1-2H3. The van der Waals surface area contributed by atoms with Gasteiger partial charge in [-0.15, -0.1) is 0 Å². The summed E-state index contributed by atoms with van der Waals surface area (Å²) in [6.45, 7) is 1.67. The molecule has 1 aromatic heterocycles. The Morgan fingerprint density at radius 1 is 1.00 bits per heavy atom. The fourth-order valence-electron chi connectivity index (χ4n) is 1.75. The van der Waals surface area contributed by atoms with E-state index in [-0.39, 0.29) is 0 Å². The van der Waals surface area contributed by atoms with Crippen LogP contribution in [0.2, 0.25) is 0 Å². The smallest absolute Gasteiger partial charge is 0.0541 e. The molecule has 0 spiro atoms. The highest BCUT2D eigenvalue weighted by atomic mass is 15.1. The van der Waals surface area contributed by atoms with Gasteiger partial charge in [0.1, 0.15) is 0 Å². The van der Waals surface area contributed by atoms with Crippen LogP contribution in [0.4, 0.5) is 5.69 Å². The molecule has 0 bridgehead atoms. The Labute approximate surface area is 108 Å². The lowest BCUT2D eigenvalue weighted by Crippen LogP contribution is -2.14. The number of aromatic nitrogens is 1. The second-order valence-corrected chi connectivity index (χ2v) is 4.49. The monoisotopic (exact) mass is 241 g/mol. The molecule has 3 nitrogen and oxygen atoms in total. The van der Waals surface area contributed by atoms with E-state index >= 15 is 0 Å². The number of anilines is 1. The molecular formula is C15H19N3. The Kier molecular flexibility index (Phi) is 4.31. The molecule has 94 valence electrons. The highest BCUT2D eigenvalue weighted by molar-refractivity contribution is 5.45. The van der Waals surface area contributed by atoms with Crippen molar-refractivity contribution in [3.8, 4) is 0 Å². The van der Waals surface area contributed by atoms with Gasteiger partial charge in [0.05, 0.1) is 5.69 Å². The molecule has 0 saturated carbocycles. The lowest BCUT2D eigenvalue weighted by molar-refractivity contribution is 0.680. The van der Waals surface area contributed by atoms with Crippen molar-refractivity contribution < 1.29 is 0 Å². The molecule has 0 saturated heterocycles. The average molecular weight is 241 g/mol. The van der Waals surface area contributed by atoms with Gasteiger partial charge in [0.15, 0.2) is 0 Å². The van der Waals surface area contributed by atoms with Gasteiger partial charge in [-0.3, -0.25) is 4.98 Å². The van der Waals surface area contributed by atoms with Gasteiger partial charge in [-0.05, 0) is 29.8 Å². The summed E-state index contributed by atoms with van der Waals surface area (Å²) < 4.78 is 0. The van der Waals surface area contributed by atoms with E-state index in [1.807, 2.05) is 38.5 Å². The molecule has 1 aromatic carbocycles. The van der Waals surface area contributed by atoms with E-state index in [4.69, 9.17) is 0 Å². The number of hydrogen-bond acceptors (Lipinski definition) is 3. The highest BCUT2D eigenvalue weighted by Gasteiger charge is 1.97. The van der Waals surface area contributed by atoms with E-state index < -0.39 is 0 Å². The molecule has 0 aliphatic heterocycles. The first-order chi connectivity index (χ1) is 8.75. The van der Waals surface area contributed by atoms with Crippen LogP contribution in [0.15, 0.2) is 48.7 Å². The van der Waals surface area contributed by atoms with Crippen LogP contribution in [-0.2, 0) is 13.1 Å². The molecule has 0 fully saturated rings. The fraction of sp³-hybridized carbons (Fsp3) is 0.267. The van der Waals surface area contributed by atoms with Crippen molar-refractivity contribution in [2.24, 2.45) is 0 Å². The van der Waals surface area contributed by atoms with Gasteiger partial charge in [0, 0.05) is 39.1 Å². The molecule has 18 heavy (non-hydrogen) atoms. The summed E-state index contributed by atoms with van der Waals surface area (Å²) in [6, 6.07) is 14.6. The van der Waals surface area contributed by atoms with Crippen molar-refractivity contribution in [1.29, 1.82) is 0 Å². The van der Waals surface area contributed by atoms with Crippen LogP contribution in [-0.4, -0.2) is 19.1 Å². The minimum absolute atomic E-state index is 0.802. The Hall–Kier alpha value is -1.87. The Bertz CT molecular complexity index is 463.